The highest BCUT2D eigenvalue weighted by Crippen LogP contribution is 2.40. The van der Waals surface area contributed by atoms with E-state index < -0.39 is 18.0 Å². The van der Waals surface area contributed by atoms with Gasteiger partial charge in [0.2, 0.25) is 12.4 Å². The maximum absolute atomic E-state index is 14.1. The lowest BCUT2D eigenvalue weighted by molar-refractivity contribution is -0.904. The van der Waals surface area contributed by atoms with E-state index in [1.54, 1.807) is 55.5 Å². The van der Waals surface area contributed by atoms with E-state index in [4.69, 9.17) is 37.4 Å². The van der Waals surface area contributed by atoms with Crippen molar-refractivity contribution >= 4 is 41.0 Å². The Morgan fingerprint density at radius 1 is 1.02 bits per heavy atom. The number of carboxylic acids is 1. The van der Waals surface area contributed by atoms with Crippen LogP contribution in [-0.4, -0.2) is 67.2 Å². The second-order valence-electron chi connectivity index (χ2n) is 13.0. The minimum Gasteiger partial charge on any atom is -0.545 e. The number of ether oxygens (including phenoxy) is 3. The van der Waals surface area contributed by atoms with Crippen molar-refractivity contribution in [2.24, 2.45) is 5.92 Å². The minimum absolute atomic E-state index is 0.000566. The van der Waals surface area contributed by atoms with Crippen LogP contribution in [0.4, 0.5) is 10.5 Å². The molecule has 2 N–H and O–H groups in total. The molecule has 11 nitrogen and oxygen atoms in total. The number of nitrogens with zero attached hydrogens (tertiary/aromatic N) is 3. The summed E-state index contributed by atoms with van der Waals surface area (Å²) >= 11 is 13.2. The van der Waals surface area contributed by atoms with Crippen molar-refractivity contribution in [3.8, 4) is 17.2 Å². The smallest absolute Gasteiger partial charge is 0.414 e. The standard InChI is InChI=1S/C38H39Cl2N3O8/c1-22-32(5-4-6-33(22)44)43(38(47)51-36-21-41-13-11-24(36)12-14-41)18-23-7-9-26(37(45)46)28(15-23)27(17-29-30(39)19-42(48)20-31(29)40)25-8-10-34(49-2)35(16-25)50-3/h4-10,15-16,19-20,24,27,36H,11-14,17-18,21H2,1-3H3,(H2-,44,45,46,48)/t27-,36-/m0/s1. The molecule has 1 amide bonds. The lowest BCUT2D eigenvalue weighted by Gasteiger charge is -2.44. The van der Waals surface area contributed by atoms with Crippen LogP contribution >= 0.6 is 23.2 Å². The SMILES string of the molecule is COc1ccc([C@H](Cc2c(Cl)c[n+](O)cc2Cl)c2cc(CN(C(=O)O[C@H]3CN4CCC3CC4)c3cccc(O)c3C)ccc2C(=O)[O-])cc1OC. The fourth-order valence-electron chi connectivity index (χ4n) is 7.17. The molecule has 13 heteroatoms. The third kappa shape index (κ3) is 7.66. The topological polar surface area (TPSA) is 136 Å². The van der Waals surface area contributed by atoms with Gasteiger partial charge in [0.1, 0.15) is 21.9 Å². The molecule has 2 atom stereocenters. The van der Waals surface area contributed by atoms with Crippen LogP contribution in [0.5, 0.6) is 17.2 Å². The zero-order valence-electron chi connectivity index (χ0n) is 28.5. The molecular formula is C38H39Cl2N3O8. The molecule has 0 unspecified atom stereocenters. The van der Waals surface area contributed by atoms with Gasteiger partial charge in [0.05, 0.1) is 32.4 Å². The molecule has 3 aliphatic heterocycles. The first-order valence-electron chi connectivity index (χ1n) is 16.6. The lowest BCUT2D eigenvalue weighted by Crippen LogP contribution is -2.53. The van der Waals surface area contributed by atoms with Gasteiger partial charge >= 0.3 is 6.09 Å². The molecular weight excluding hydrogens is 697 g/mol. The van der Waals surface area contributed by atoms with Crippen LogP contribution < -0.4 is 24.2 Å². The van der Waals surface area contributed by atoms with Gasteiger partial charge in [-0.3, -0.25) is 15.0 Å². The number of carbonyl (C=O) groups excluding carboxylic acids is 2. The number of hydrogen-bond donors (Lipinski definition) is 2. The maximum atomic E-state index is 14.1. The zero-order valence-corrected chi connectivity index (χ0v) is 30.0. The zero-order chi connectivity index (χ0) is 36.4. The first-order valence-corrected chi connectivity index (χ1v) is 17.4. The monoisotopic (exact) mass is 735 g/mol. The molecule has 7 rings (SSSR count). The van der Waals surface area contributed by atoms with Crippen molar-refractivity contribution in [1.82, 2.24) is 4.90 Å². The largest absolute Gasteiger partial charge is 0.545 e. The predicted molar refractivity (Wildman–Crippen MR) is 188 cm³/mol. The first-order chi connectivity index (χ1) is 24.5. The van der Waals surface area contributed by atoms with Crippen molar-refractivity contribution in [1.29, 1.82) is 0 Å². The number of methoxy groups -OCH3 is 2. The first kappa shape index (κ1) is 36.1. The molecule has 3 aromatic carbocycles. The van der Waals surface area contributed by atoms with E-state index in [0.29, 0.717) is 51.5 Å². The number of rotatable bonds is 11. The summed E-state index contributed by atoms with van der Waals surface area (Å²) in [7, 11) is 3.02. The van der Waals surface area contributed by atoms with Gasteiger partial charge in [-0.1, -0.05) is 53.5 Å². The number of aromatic nitrogens is 1. The molecule has 2 bridgehead atoms. The van der Waals surface area contributed by atoms with Gasteiger partial charge in [0, 0.05) is 33.9 Å². The summed E-state index contributed by atoms with van der Waals surface area (Å²) in [5, 5.41) is 33.7. The molecule has 268 valence electrons. The summed E-state index contributed by atoms with van der Waals surface area (Å²) in [5.74, 6) is -0.884. The number of amides is 1. The number of carbonyl (C=O) groups is 2. The van der Waals surface area contributed by atoms with Crippen LogP contribution in [0.1, 0.15) is 56.9 Å². The van der Waals surface area contributed by atoms with E-state index in [0.717, 1.165) is 30.7 Å². The van der Waals surface area contributed by atoms with Crippen LogP contribution in [0, 0.1) is 12.8 Å². The maximum Gasteiger partial charge on any atom is 0.414 e. The molecule has 1 aromatic heterocycles. The number of anilines is 1. The lowest BCUT2D eigenvalue weighted by atomic mass is 9.82. The molecule has 0 spiro atoms. The Balaban J connectivity index is 1.44. The summed E-state index contributed by atoms with van der Waals surface area (Å²) in [5.41, 5.74) is 2.96. The van der Waals surface area contributed by atoms with E-state index in [1.807, 2.05) is 0 Å². The number of hydrogen-bond acceptors (Lipinski definition) is 9. The van der Waals surface area contributed by atoms with Gasteiger partial charge < -0.3 is 29.2 Å². The molecule has 0 aliphatic carbocycles. The number of pyridine rings is 1. The van der Waals surface area contributed by atoms with Gasteiger partial charge in [-0.25, -0.2) is 4.79 Å². The van der Waals surface area contributed by atoms with Crippen LogP contribution in [0.15, 0.2) is 67.0 Å². The number of aromatic carboxylic acids is 1. The molecule has 0 radical (unpaired) electrons. The van der Waals surface area contributed by atoms with E-state index in [2.05, 4.69) is 4.90 Å². The molecule has 51 heavy (non-hydrogen) atoms. The van der Waals surface area contributed by atoms with Crippen LogP contribution in [0.3, 0.4) is 0 Å². The summed E-state index contributed by atoms with van der Waals surface area (Å²) in [6.07, 6.45) is 3.80. The normalized spacial score (nSPS) is 18.6. The Hall–Kier alpha value is -4.71. The summed E-state index contributed by atoms with van der Waals surface area (Å²) in [6, 6.07) is 15.0. The fraction of sp³-hybridized carbons (Fsp3) is 0.342. The van der Waals surface area contributed by atoms with Crippen LogP contribution in [0.25, 0.3) is 0 Å². The fourth-order valence-corrected chi connectivity index (χ4v) is 7.78. The van der Waals surface area contributed by atoms with E-state index in [-0.39, 0.29) is 46.3 Å². The molecule has 4 heterocycles. The van der Waals surface area contributed by atoms with Crippen LogP contribution in [-0.2, 0) is 17.7 Å². The Morgan fingerprint density at radius 3 is 2.35 bits per heavy atom. The molecule has 0 saturated carbocycles. The van der Waals surface area contributed by atoms with Gasteiger partial charge in [-0.15, -0.1) is 0 Å². The van der Waals surface area contributed by atoms with Crippen molar-refractivity contribution in [3.05, 3.63) is 110 Å². The minimum atomic E-state index is -1.40. The van der Waals surface area contributed by atoms with Gasteiger partial charge in [0.25, 0.3) is 0 Å². The van der Waals surface area contributed by atoms with E-state index in [1.165, 1.54) is 37.6 Å². The van der Waals surface area contributed by atoms with Crippen LogP contribution in [0.2, 0.25) is 10.0 Å². The number of benzene rings is 3. The third-order valence-corrected chi connectivity index (χ3v) is 10.6. The van der Waals surface area contributed by atoms with Crippen molar-refractivity contribution in [2.75, 3.05) is 38.8 Å². The number of piperidine rings is 3. The third-order valence-electron chi connectivity index (χ3n) is 9.97. The number of carboxylic acid groups (broad SMARTS) is 1. The highest BCUT2D eigenvalue weighted by Gasteiger charge is 2.38. The number of aromatic hydroxyl groups is 1. The molecule has 4 aromatic rings. The van der Waals surface area contributed by atoms with Crippen molar-refractivity contribution in [3.63, 3.8) is 0 Å². The number of phenolic OH excluding ortho intramolecular Hbond substituents is 1. The van der Waals surface area contributed by atoms with Gasteiger partial charge in [-0.2, -0.15) is 0 Å². The Labute approximate surface area is 306 Å². The molecule has 3 saturated heterocycles. The number of fused-ring (bicyclic) bond motifs is 3. The van der Waals surface area contributed by atoms with E-state index >= 15 is 0 Å². The quantitative estimate of drug-likeness (QED) is 0.151. The Kier molecular flexibility index (Phi) is 10.8. The Bertz CT molecular complexity index is 1930. The molecule has 3 aliphatic rings. The van der Waals surface area contributed by atoms with Crippen molar-refractivity contribution < 1.29 is 44.0 Å². The highest BCUT2D eigenvalue weighted by molar-refractivity contribution is 6.35. The Morgan fingerprint density at radius 2 is 1.73 bits per heavy atom. The predicted octanol–water partition coefficient (Wildman–Crippen LogP) is 5.52. The second kappa shape index (κ2) is 15.3. The summed E-state index contributed by atoms with van der Waals surface area (Å²) in [4.78, 5) is 30.5. The van der Waals surface area contributed by atoms with E-state index in [9.17, 15) is 25.0 Å². The average Bonchev–Trinajstić information content (AvgIpc) is 3.11. The summed E-state index contributed by atoms with van der Waals surface area (Å²) in [6.45, 7) is 4.37. The second-order valence-corrected chi connectivity index (χ2v) is 13.8. The van der Waals surface area contributed by atoms with Gasteiger partial charge in [0.15, 0.2) is 11.5 Å². The summed E-state index contributed by atoms with van der Waals surface area (Å²) < 4.78 is 17.9. The highest BCUT2D eigenvalue weighted by atomic mass is 35.5. The number of phenols is 1. The average molecular weight is 737 g/mol. The van der Waals surface area contributed by atoms with Gasteiger partial charge in [-0.05, 0) is 86.1 Å². The number of halogens is 2. The van der Waals surface area contributed by atoms with Crippen molar-refractivity contribution in [2.45, 2.75) is 44.8 Å². The molecule has 3 fully saturated rings.